The van der Waals surface area contributed by atoms with Crippen molar-refractivity contribution in [1.82, 2.24) is 10.6 Å². The van der Waals surface area contributed by atoms with Crippen LogP contribution in [0.1, 0.15) is 29.8 Å². The van der Waals surface area contributed by atoms with E-state index in [1.165, 1.54) is 6.92 Å². The van der Waals surface area contributed by atoms with Crippen molar-refractivity contribution in [3.05, 3.63) is 65.7 Å². The number of carbonyl (C=O) groups excluding carboxylic acids is 3. The van der Waals surface area contributed by atoms with Gasteiger partial charge >= 0.3 is 0 Å². The van der Waals surface area contributed by atoms with Gasteiger partial charge in [0.2, 0.25) is 11.8 Å². The second kappa shape index (κ2) is 9.88. The number of nitriles is 1. The quantitative estimate of drug-likeness (QED) is 0.684. The highest BCUT2D eigenvalue weighted by Crippen LogP contribution is 2.11. The van der Waals surface area contributed by atoms with E-state index in [1.54, 1.807) is 31.2 Å². The maximum atomic E-state index is 12.6. The molecule has 2 aromatic rings. The van der Waals surface area contributed by atoms with E-state index in [0.717, 1.165) is 5.56 Å². The number of hydrogen-bond acceptors (Lipinski definition) is 4. The fourth-order valence-electron chi connectivity index (χ4n) is 2.56. The molecule has 0 aliphatic heterocycles. The summed E-state index contributed by atoms with van der Waals surface area (Å²) in [6, 6.07) is 16.1. The maximum Gasteiger partial charge on any atom is 0.251 e. The van der Waals surface area contributed by atoms with Gasteiger partial charge in [-0.1, -0.05) is 30.3 Å². The molecule has 3 N–H and O–H groups in total. The Morgan fingerprint density at radius 3 is 2.21 bits per heavy atom. The van der Waals surface area contributed by atoms with Crippen LogP contribution in [0.4, 0.5) is 5.69 Å². The SMILES string of the molecule is CC(=O)Nc1ccc(C(=O)NC(Cc2ccccc2)C(=O)NC(C)C#N)cc1. The molecule has 0 aromatic heterocycles. The highest BCUT2D eigenvalue weighted by Gasteiger charge is 2.23. The van der Waals surface area contributed by atoms with Crippen molar-refractivity contribution >= 4 is 23.4 Å². The third-order valence-electron chi connectivity index (χ3n) is 3.92. The van der Waals surface area contributed by atoms with Crippen molar-refractivity contribution in [2.75, 3.05) is 5.32 Å². The van der Waals surface area contributed by atoms with Crippen LogP contribution in [-0.4, -0.2) is 29.8 Å². The molecule has 0 radical (unpaired) electrons. The summed E-state index contributed by atoms with van der Waals surface area (Å²) in [6.07, 6.45) is 0.292. The van der Waals surface area contributed by atoms with E-state index in [9.17, 15) is 14.4 Å². The first-order valence-electron chi connectivity index (χ1n) is 8.81. The van der Waals surface area contributed by atoms with Crippen LogP contribution in [0.3, 0.4) is 0 Å². The zero-order chi connectivity index (χ0) is 20.5. The maximum absolute atomic E-state index is 12.6. The highest BCUT2D eigenvalue weighted by atomic mass is 16.2. The Morgan fingerprint density at radius 2 is 1.64 bits per heavy atom. The zero-order valence-corrected chi connectivity index (χ0v) is 15.7. The van der Waals surface area contributed by atoms with E-state index in [0.29, 0.717) is 17.7 Å². The van der Waals surface area contributed by atoms with Crippen LogP contribution < -0.4 is 16.0 Å². The highest BCUT2D eigenvalue weighted by molar-refractivity contribution is 5.98. The number of hydrogen-bond donors (Lipinski definition) is 3. The molecule has 0 spiro atoms. The van der Waals surface area contributed by atoms with Crippen LogP contribution in [0.2, 0.25) is 0 Å². The van der Waals surface area contributed by atoms with Crippen LogP contribution in [0.25, 0.3) is 0 Å². The Balaban J connectivity index is 2.13. The normalized spacial score (nSPS) is 12.2. The zero-order valence-electron chi connectivity index (χ0n) is 15.7. The first-order chi connectivity index (χ1) is 13.4. The van der Waals surface area contributed by atoms with Crippen LogP contribution >= 0.6 is 0 Å². The largest absolute Gasteiger partial charge is 0.340 e. The van der Waals surface area contributed by atoms with Gasteiger partial charge in [0.05, 0.1) is 6.07 Å². The number of anilines is 1. The van der Waals surface area contributed by atoms with Gasteiger partial charge in [0.15, 0.2) is 0 Å². The van der Waals surface area contributed by atoms with Crippen molar-refractivity contribution in [3.8, 4) is 6.07 Å². The van der Waals surface area contributed by atoms with Crippen LogP contribution in [0, 0.1) is 11.3 Å². The van der Waals surface area contributed by atoms with Gasteiger partial charge in [0.1, 0.15) is 12.1 Å². The lowest BCUT2D eigenvalue weighted by Gasteiger charge is -2.19. The summed E-state index contributed by atoms with van der Waals surface area (Å²) < 4.78 is 0. The van der Waals surface area contributed by atoms with E-state index in [4.69, 9.17) is 5.26 Å². The molecule has 0 aliphatic carbocycles. The molecule has 28 heavy (non-hydrogen) atoms. The number of amides is 3. The lowest BCUT2D eigenvalue weighted by molar-refractivity contribution is -0.123. The molecule has 0 heterocycles. The monoisotopic (exact) mass is 378 g/mol. The molecule has 0 saturated heterocycles. The Kier molecular flexibility index (Phi) is 7.28. The minimum absolute atomic E-state index is 0.205. The van der Waals surface area contributed by atoms with Crippen LogP contribution in [0.5, 0.6) is 0 Å². The smallest absolute Gasteiger partial charge is 0.251 e. The second-order valence-corrected chi connectivity index (χ2v) is 6.33. The molecular weight excluding hydrogens is 356 g/mol. The Bertz CT molecular complexity index is 873. The lowest BCUT2D eigenvalue weighted by Crippen LogP contribution is -2.50. The fraction of sp³-hybridized carbons (Fsp3) is 0.238. The molecule has 0 fully saturated rings. The molecule has 7 nitrogen and oxygen atoms in total. The molecule has 2 atom stereocenters. The van der Waals surface area contributed by atoms with Gasteiger partial charge in [-0.25, -0.2) is 0 Å². The van der Waals surface area contributed by atoms with Gasteiger partial charge in [-0.05, 0) is 36.8 Å². The first kappa shape index (κ1) is 20.6. The first-order valence-corrected chi connectivity index (χ1v) is 8.81. The molecule has 2 rings (SSSR count). The minimum atomic E-state index is -0.833. The minimum Gasteiger partial charge on any atom is -0.340 e. The van der Waals surface area contributed by atoms with Crippen molar-refractivity contribution in [2.24, 2.45) is 0 Å². The summed E-state index contributed by atoms with van der Waals surface area (Å²) in [6.45, 7) is 2.97. The molecule has 0 aliphatic rings. The van der Waals surface area contributed by atoms with Crippen molar-refractivity contribution in [2.45, 2.75) is 32.4 Å². The van der Waals surface area contributed by atoms with Crippen LogP contribution in [-0.2, 0) is 16.0 Å². The van der Waals surface area contributed by atoms with Crippen LogP contribution in [0.15, 0.2) is 54.6 Å². The number of nitrogens with one attached hydrogen (secondary N) is 3. The van der Waals surface area contributed by atoms with Gasteiger partial charge in [-0.2, -0.15) is 5.26 Å². The number of benzene rings is 2. The second-order valence-electron chi connectivity index (χ2n) is 6.33. The van der Waals surface area contributed by atoms with Gasteiger partial charge in [0, 0.05) is 24.6 Å². The fourth-order valence-corrected chi connectivity index (χ4v) is 2.56. The molecule has 0 bridgehead atoms. The van der Waals surface area contributed by atoms with E-state index in [-0.39, 0.29) is 5.91 Å². The summed E-state index contributed by atoms with van der Waals surface area (Å²) in [4.78, 5) is 36.2. The van der Waals surface area contributed by atoms with Gasteiger partial charge in [0.25, 0.3) is 5.91 Å². The van der Waals surface area contributed by atoms with Crippen molar-refractivity contribution < 1.29 is 14.4 Å². The van der Waals surface area contributed by atoms with Crippen molar-refractivity contribution in [1.29, 1.82) is 5.26 Å². The molecule has 3 amide bonds. The Morgan fingerprint density at radius 1 is 1.00 bits per heavy atom. The predicted octanol–water partition coefficient (Wildman–Crippen LogP) is 2.01. The molecule has 2 aromatic carbocycles. The van der Waals surface area contributed by atoms with Gasteiger partial charge < -0.3 is 16.0 Å². The summed E-state index contributed by atoms with van der Waals surface area (Å²) >= 11 is 0. The summed E-state index contributed by atoms with van der Waals surface area (Å²) in [7, 11) is 0. The standard InChI is InChI=1S/C21H22N4O3/c1-14(13-22)23-21(28)19(12-16-6-4-3-5-7-16)25-20(27)17-8-10-18(11-9-17)24-15(2)26/h3-11,14,19H,12H2,1-2H3,(H,23,28)(H,24,26)(H,25,27). The van der Waals surface area contributed by atoms with E-state index in [1.807, 2.05) is 36.4 Å². The number of rotatable bonds is 7. The van der Waals surface area contributed by atoms with E-state index >= 15 is 0 Å². The molecule has 144 valence electrons. The molecule has 2 unspecified atom stereocenters. The summed E-state index contributed by atoms with van der Waals surface area (Å²) in [5.41, 5.74) is 1.81. The molecule has 0 saturated carbocycles. The molecule has 7 heteroatoms. The topological polar surface area (TPSA) is 111 Å². The lowest BCUT2D eigenvalue weighted by atomic mass is 10.0. The van der Waals surface area contributed by atoms with Gasteiger partial charge in [-0.3, -0.25) is 14.4 Å². The Hall–Kier alpha value is -3.66. The Labute approximate surface area is 163 Å². The average Bonchev–Trinajstić information content (AvgIpc) is 2.68. The third kappa shape index (κ3) is 6.25. The van der Waals surface area contributed by atoms with Gasteiger partial charge in [-0.15, -0.1) is 0 Å². The number of nitrogens with zero attached hydrogens (tertiary/aromatic N) is 1. The summed E-state index contributed by atoms with van der Waals surface area (Å²) in [5.74, 6) is -1.06. The number of carbonyl (C=O) groups is 3. The molecular formula is C21H22N4O3. The predicted molar refractivity (Wildman–Crippen MR) is 105 cm³/mol. The van der Waals surface area contributed by atoms with E-state index in [2.05, 4.69) is 16.0 Å². The van der Waals surface area contributed by atoms with Crippen molar-refractivity contribution in [3.63, 3.8) is 0 Å². The average molecular weight is 378 g/mol. The summed E-state index contributed by atoms with van der Waals surface area (Å²) in [5, 5.41) is 16.8. The van der Waals surface area contributed by atoms with E-state index < -0.39 is 23.9 Å². The third-order valence-corrected chi connectivity index (χ3v) is 3.92.